The Morgan fingerprint density at radius 3 is 2.88 bits per heavy atom. The molecule has 1 N–H and O–H groups in total. The summed E-state index contributed by atoms with van der Waals surface area (Å²) in [6, 6.07) is 12.7. The fourth-order valence-corrected chi connectivity index (χ4v) is 3.03. The molecule has 0 fully saturated rings. The van der Waals surface area contributed by atoms with Crippen LogP contribution in [0.25, 0.3) is 10.9 Å². The molecule has 0 radical (unpaired) electrons. The van der Waals surface area contributed by atoms with Crippen LogP contribution in [0.4, 0.5) is 5.69 Å². The molecule has 2 aromatic carbocycles. The van der Waals surface area contributed by atoms with Crippen LogP contribution in [0.1, 0.15) is 16.8 Å². The molecular weight excluding hydrogens is 340 g/mol. The van der Waals surface area contributed by atoms with E-state index in [2.05, 4.69) is 10.3 Å². The molecule has 0 bridgehead atoms. The van der Waals surface area contributed by atoms with Gasteiger partial charge in [-0.25, -0.2) is 0 Å². The minimum Gasteiger partial charge on any atom is -0.489 e. The van der Waals surface area contributed by atoms with E-state index in [0.29, 0.717) is 41.0 Å². The van der Waals surface area contributed by atoms with Crippen molar-refractivity contribution < 1.29 is 14.3 Å². The van der Waals surface area contributed by atoms with Crippen molar-refractivity contribution in [3.05, 3.63) is 59.2 Å². The number of hydrogen-bond donors (Lipinski definition) is 1. The van der Waals surface area contributed by atoms with E-state index in [-0.39, 0.29) is 5.91 Å². The number of rotatable bonds is 2. The monoisotopic (exact) mass is 354 g/mol. The fraction of sp³-hybridized carbons (Fsp3) is 0.158. The summed E-state index contributed by atoms with van der Waals surface area (Å²) in [5, 5.41) is 4.21. The van der Waals surface area contributed by atoms with E-state index in [4.69, 9.17) is 21.1 Å². The number of amides is 1. The third kappa shape index (κ3) is 3.10. The maximum absolute atomic E-state index is 12.7. The highest BCUT2D eigenvalue weighted by molar-refractivity contribution is 6.32. The van der Waals surface area contributed by atoms with E-state index < -0.39 is 0 Å². The summed E-state index contributed by atoms with van der Waals surface area (Å²) in [5.41, 5.74) is 1.78. The lowest BCUT2D eigenvalue weighted by Crippen LogP contribution is -2.13. The van der Waals surface area contributed by atoms with Gasteiger partial charge in [0.25, 0.3) is 5.91 Å². The Morgan fingerprint density at radius 2 is 1.96 bits per heavy atom. The zero-order valence-corrected chi connectivity index (χ0v) is 14.0. The minimum atomic E-state index is -0.282. The molecule has 0 atom stereocenters. The molecular formula is C19H15ClN2O3. The third-order valence-electron chi connectivity index (χ3n) is 3.95. The number of anilines is 1. The average molecular weight is 355 g/mol. The predicted molar refractivity (Wildman–Crippen MR) is 96.8 cm³/mol. The van der Waals surface area contributed by atoms with E-state index in [1.807, 2.05) is 30.3 Å². The first-order valence-corrected chi connectivity index (χ1v) is 8.34. The van der Waals surface area contributed by atoms with Crippen LogP contribution in [0.2, 0.25) is 5.02 Å². The second kappa shape index (κ2) is 6.61. The highest BCUT2D eigenvalue weighted by atomic mass is 35.5. The molecule has 0 spiro atoms. The molecule has 3 aromatic rings. The lowest BCUT2D eigenvalue weighted by molar-refractivity contribution is 0.102. The van der Waals surface area contributed by atoms with Gasteiger partial charge in [-0.05, 0) is 24.3 Å². The van der Waals surface area contributed by atoms with Crippen molar-refractivity contribution in [3.8, 4) is 11.5 Å². The summed E-state index contributed by atoms with van der Waals surface area (Å²) in [4.78, 5) is 17.0. The number of halogens is 1. The van der Waals surface area contributed by atoms with Gasteiger partial charge >= 0.3 is 0 Å². The summed E-state index contributed by atoms with van der Waals surface area (Å²) < 4.78 is 11.2. The number of pyridine rings is 1. The van der Waals surface area contributed by atoms with Crippen LogP contribution in [0.3, 0.4) is 0 Å². The Hall–Kier alpha value is -2.79. The molecule has 0 unspecified atom stereocenters. The van der Waals surface area contributed by atoms with Crippen LogP contribution in [0.15, 0.2) is 48.7 Å². The van der Waals surface area contributed by atoms with Gasteiger partial charge in [0.1, 0.15) is 0 Å². The quantitative estimate of drug-likeness (QED) is 0.745. The standard InChI is InChI=1S/C19H15ClN2O3/c20-14-10-13(11-16-18(14)25-9-3-8-24-16)19(23)22-15-6-1-4-12-5-2-7-21-17(12)15/h1-2,4-7,10-11H,3,8-9H2,(H,22,23). The van der Waals surface area contributed by atoms with E-state index in [1.165, 1.54) is 0 Å². The molecule has 4 rings (SSSR count). The van der Waals surface area contributed by atoms with Crippen LogP contribution in [0, 0.1) is 0 Å². The molecule has 5 nitrogen and oxygen atoms in total. The van der Waals surface area contributed by atoms with Crippen LogP contribution < -0.4 is 14.8 Å². The van der Waals surface area contributed by atoms with Gasteiger partial charge in [-0.3, -0.25) is 9.78 Å². The Bertz CT molecular complexity index is 953. The van der Waals surface area contributed by atoms with Crippen LogP contribution >= 0.6 is 11.6 Å². The topological polar surface area (TPSA) is 60.5 Å². The lowest BCUT2D eigenvalue weighted by atomic mass is 10.1. The summed E-state index contributed by atoms with van der Waals surface area (Å²) in [6.07, 6.45) is 2.47. The molecule has 0 saturated heterocycles. The number of para-hydroxylation sites is 1. The van der Waals surface area contributed by atoms with Crippen molar-refractivity contribution >= 4 is 34.1 Å². The molecule has 126 valence electrons. The molecule has 6 heteroatoms. The van der Waals surface area contributed by atoms with Gasteiger partial charge in [0.2, 0.25) is 0 Å². The zero-order valence-electron chi connectivity index (χ0n) is 13.3. The highest BCUT2D eigenvalue weighted by Gasteiger charge is 2.19. The molecule has 0 saturated carbocycles. The fourth-order valence-electron chi connectivity index (χ4n) is 2.76. The first kappa shape index (κ1) is 15.7. The van der Waals surface area contributed by atoms with Crippen LogP contribution in [-0.4, -0.2) is 24.1 Å². The van der Waals surface area contributed by atoms with Crippen LogP contribution in [-0.2, 0) is 0 Å². The zero-order chi connectivity index (χ0) is 17.2. The number of nitrogens with zero attached hydrogens (tertiary/aromatic N) is 1. The van der Waals surface area contributed by atoms with Gasteiger partial charge in [-0.2, -0.15) is 0 Å². The maximum atomic E-state index is 12.7. The van der Waals surface area contributed by atoms with Gasteiger partial charge in [0.05, 0.1) is 29.4 Å². The van der Waals surface area contributed by atoms with E-state index in [9.17, 15) is 4.79 Å². The number of carbonyl (C=O) groups is 1. The minimum absolute atomic E-state index is 0.282. The number of aromatic nitrogens is 1. The van der Waals surface area contributed by atoms with E-state index >= 15 is 0 Å². The molecule has 25 heavy (non-hydrogen) atoms. The average Bonchev–Trinajstić information content (AvgIpc) is 2.88. The largest absolute Gasteiger partial charge is 0.489 e. The van der Waals surface area contributed by atoms with Crippen molar-refractivity contribution in [2.45, 2.75) is 6.42 Å². The third-order valence-corrected chi connectivity index (χ3v) is 4.23. The molecule has 2 heterocycles. The Kier molecular flexibility index (Phi) is 4.15. The molecule has 0 aliphatic carbocycles. The van der Waals surface area contributed by atoms with Gasteiger partial charge in [-0.1, -0.05) is 29.8 Å². The summed E-state index contributed by atoms with van der Waals surface area (Å²) in [7, 11) is 0. The second-order valence-corrected chi connectivity index (χ2v) is 6.08. The second-order valence-electron chi connectivity index (χ2n) is 5.67. The maximum Gasteiger partial charge on any atom is 0.255 e. The first-order chi connectivity index (χ1) is 12.2. The molecule has 1 amide bonds. The molecule has 1 aliphatic rings. The van der Waals surface area contributed by atoms with E-state index in [1.54, 1.807) is 18.3 Å². The van der Waals surface area contributed by atoms with Gasteiger partial charge < -0.3 is 14.8 Å². The lowest BCUT2D eigenvalue weighted by Gasteiger charge is -2.12. The number of carbonyl (C=O) groups excluding carboxylic acids is 1. The number of nitrogens with one attached hydrogen (secondary N) is 1. The van der Waals surface area contributed by atoms with Crippen molar-refractivity contribution in [2.24, 2.45) is 0 Å². The smallest absolute Gasteiger partial charge is 0.255 e. The number of hydrogen-bond acceptors (Lipinski definition) is 4. The number of ether oxygens (including phenoxy) is 2. The van der Waals surface area contributed by atoms with Gasteiger partial charge in [0.15, 0.2) is 11.5 Å². The number of benzene rings is 2. The van der Waals surface area contributed by atoms with Gasteiger partial charge in [-0.15, -0.1) is 0 Å². The van der Waals surface area contributed by atoms with Crippen molar-refractivity contribution in [1.82, 2.24) is 4.98 Å². The normalized spacial score (nSPS) is 13.3. The summed E-state index contributed by atoms with van der Waals surface area (Å²) in [5.74, 6) is 0.699. The van der Waals surface area contributed by atoms with E-state index in [0.717, 1.165) is 17.3 Å². The number of fused-ring (bicyclic) bond motifs is 2. The SMILES string of the molecule is O=C(Nc1cccc2cccnc12)c1cc(Cl)c2c(c1)OCCCO2. The Labute approximate surface area is 149 Å². The van der Waals surface area contributed by atoms with Crippen LogP contribution in [0.5, 0.6) is 11.5 Å². The van der Waals surface area contributed by atoms with Crippen molar-refractivity contribution in [3.63, 3.8) is 0 Å². The Balaban J connectivity index is 1.67. The van der Waals surface area contributed by atoms with Crippen molar-refractivity contribution in [1.29, 1.82) is 0 Å². The van der Waals surface area contributed by atoms with Gasteiger partial charge in [0, 0.05) is 23.6 Å². The highest BCUT2D eigenvalue weighted by Crippen LogP contribution is 2.38. The predicted octanol–water partition coefficient (Wildman–Crippen LogP) is 4.30. The summed E-state index contributed by atoms with van der Waals surface area (Å²) in [6.45, 7) is 1.07. The summed E-state index contributed by atoms with van der Waals surface area (Å²) >= 11 is 6.26. The molecule has 1 aliphatic heterocycles. The Morgan fingerprint density at radius 1 is 1.12 bits per heavy atom. The molecule has 1 aromatic heterocycles. The van der Waals surface area contributed by atoms with Crippen molar-refractivity contribution in [2.75, 3.05) is 18.5 Å². The first-order valence-electron chi connectivity index (χ1n) is 7.96.